The van der Waals surface area contributed by atoms with Gasteiger partial charge >= 0.3 is 0 Å². The van der Waals surface area contributed by atoms with Gasteiger partial charge in [-0.25, -0.2) is 24.0 Å². The summed E-state index contributed by atoms with van der Waals surface area (Å²) in [6.45, 7) is 6.54. The second-order valence-electron chi connectivity index (χ2n) is 10.4. The van der Waals surface area contributed by atoms with Crippen LogP contribution in [0.4, 0.5) is 21.8 Å². The predicted octanol–water partition coefficient (Wildman–Crippen LogP) is 3.81. The van der Waals surface area contributed by atoms with E-state index in [4.69, 9.17) is 4.98 Å². The lowest BCUT2D eigenvalue weighted by Crippen LogP contribution is -2.68. The number of aryl methyl sites for hydroxylation is 2. The summed E-state index contributed by atoms with van der Waals surface area (Å²) in [5.74, 6) is 2.63. The number of nitrogens with zero attached hydrogens (tertiary/aromatic N) is 9. The maximum absolute atomic E-state index is 13.3. The van der Waals surface area contributed by atoms with E-state index in [2.05, 4.69) is 51.4 Å². The van der Waals surface area contributed by atoms with E-state index in [1.54, 1.807) is 6.20 Å². The van der Waals surface area contributed by atoms with Crippen LogP contribution in [0.25, 0.3) is 17.1 Å². The molecule has 3 aliphatic heterocycles. The maximum Gasteiger partial charge on any atom is 0.163 e. The van der Waals surface area contributed by atoms with Crippen LogP contribution in [-0.4, -0.2) is 70.0 Å². The van der Waals surface area contributed by atoms with Crippen LogP contribution < -0.4 is 10.2 Å². The Morgan fingerprint density at radius 1 is 0.975 bits per heavy atom. The van der Waals surface area contributed by atoms with Crippen molar-refractivity contribution in [3.05, 3.63) is 84.1 Å². The minimum absolute atomic E-state index is 0.364. The Labute approximate surface area is 230 Å². The molecule has 3 saturated heterocycles. The minimum Gasteiger partial charge on any atom is -0.353 e. The fourth-order valence-corrected chi connectivity index (χ4v) is 5.49. The number of H-pyrrole nitrogens is 1. The van der Waals surface area contributed by atoms with Gasteiger partial charge in [0, 0.05) is 67.0 Å². The molecule has 8 heterocycles. The number of hydrogen-bond donors (Lipinski definition) is 2. The number of halogens is 1. The smallest absolute Gasteiger partial charge is 0.163 e. The SMILES string of the molecule is Cc1cc(Nc2cc(C)[nH]n2)nc(-c2ccc(N3CC4CC(C3)N4Cc3ccc(-n4cc(F)cn4)cn3)nc2)n1. The molecule has 5 aromatic heterocycles. The highest BCUT2D eigenvalue weighted by molar-refractivity contribution is 5.61. The molecule has 0 amide bonds. The third kappa shape index (κ3) is 4.77. The van der Waals surface area contributed by atoms with E-state index < -0.39 is 0 Å². The Morgan fingerprint density at radius 2 is 1.85 bits per heavy atom. The predicted molar refractivity (Wildman–Crippen MR) is 148 cm³/mol. The van der Waals surface area contributed by atoms with Gasteiger partial charge in [-0.3, -0.25) is 15.0 Å². The number of piperazine rings is 1. The Bertz CT molecular complexity index is 1630. The molecule has 3 aliphatic rings. The van der Waals surface area contributed by atoms with Crippen LogP contribution >= 0.6 is 0 Å². The highest BCUT2D eigenvalue weighted by atomic mass is 19.1. The van der Waals surface area contributed by atoms with Crippen molar-refractivity contribution in [2.24, 2.45) is 0 Å². The van der Waals surface area contributed by atoms with Crippen LogP contribution in [0, 0.1) is 19.7 Å². The molecule has 0 radical (unpaired) electrons. The lowest BCUT2D eigenvalue weighted by Gasteiger charge is -2.56. The Balaban J connectivity index is 0.991. The molecule has 40 heavy (non-hydrogen) atoms. The second kappa shape index (κ2) is 9.79. The number of fused-ring (bicyclic) bond motifs is 2. The van der Waals surface area contributed by atoms with Crippen LogP contribution in [0.5, 0.6) is 0 Å². The summed E-state index contributed by atoms with van der Waals surface area (Å²) in [5.41, 5.74) is 4.44. The standard InChI is InChI=1S/C28H28FN11/c1-17-7-25(34-26-8-18(2)36-37-26)35-28(33-17)19-3-6-27(31-10-19)38-15-23-9-24(16-38)39(23)14-21-4-5-22(12-30-21)40-13-20(29)11-32-40/h3-8,10-13,23-24H,9,14-16H2,1-2H3,(H2,33,34,35,36,37). The highest BCUT2D eigenvalue weighted by Crippen LogP contribution is 2.35. The first-order valence-corrected chi connectivity index (χ1v) is 13.2. The van der Waals surface area contributed by atoms with Crippen molar-refractivity contribution in [2.75, 3.05) is 23.3 Å². The van der Waals surface area contributed by atoms with Gasteiger partial charge in [-0.2, -0.15) is 10.2 Å². The van der Waals surface area contributed by atoms with Crippen LogP contribution in [0.3, 0.4) is 0 Å². The summed E-state index contributed by atoms with van der Waals surface area (Å²) in [4.78, 5) is 23.5. The van der Waals surface area contributed by atoms with Gasteiger partial charge in [0.25, 0.3) is 0 Å². The van der Waals surface area contributed by atoms with Crippen molar-refractivity contribution in [1.82, 2.24) is 44.8 Å². The van der Waals surface area contributed by atoms with Crippen molar-refractivity contribution in [3.63, 3.8) is 0 Å². The Hall–Kier alpha value is -4.71. The first-order valence-electron chi connectivity index (χ1n) is 13.2. The monoisotopic (exact) mass is 537 g/mol. The summed E-state index contributed by atoms with van der Waals surface area (Å²) in [6, 6.07) is 12.7. The molecule has 202 valence electrons. The molecule has 2 bridgehead atoms. The van der Waals surface area contributed by atoms with Crippen LogP contribution in [0.2, 0.25) is 0 Å². The third-order valence-electron chi connectivity index (χ3n) is 7.46. The maximum atomic E-state index is 13.3. The van der Waals surface area contributed by atoms with E-state index in [9.17, 15) is 4.39 Å². The van der Waals surface area contributed by atoms with Crippen molar-refractivity contribution >= 4 is 17.5 Å². The molecule has 2 N–H and O–H groups in total. The quantitative estimate of drug-likeness (QED) is 0.320. The van der Waals surface area contributed by atoms with E-state index in [-0.39, 0.29) is 5.82 Å². The van der Waals surface area contributed by atoms with Crippen LogP contribution in [0.1, 0.15) is 23.5 Å². The molecule has 2 unspecified atom stereocenters. The molecule has 2 atom stereocenters. The van der Waals surface area contributed by atoms with E-state index in [0.717, 1.165) is 53.8 Å². The van der Waals surface area contributed by atoms with Gasteiger partial charge in [-0.05, 0) is 44.5 Å². The van der Waals surface area contributed by atoms with E-state index in [1.165, 1.54) is 23.5 Å². The average molecular weight is 538 g/mol. The molecule has 0 saturated carbocycles. The molecule has 5 aromatic rings. The fraction of sp³-hybridized carbons (Fsp3) is 0.286. The fourth-order valence-electron chi connectivity index (χ4n) is 5.49. The van der Waals surface area contributed by atoms with Gasteiger partial charge in [-0.15, -0.1) is 0 Å². The Kier molecular flexibility index (Phi) is 5.96. The number of rotatable bonds is 7. The summed E-state index contributed by atoms with van der Waals surface area (Å²) >= 11 is 0. The summed E-state index contributed by atoms with van der Waals surface area (Å²) in [5, 5.41) is 14.4. The molecule has 8 rings (SSSR count). The average Bonchev–Trinajstić information content (AvgIpc) is 3.59. The largest absolute Gasteiger partial charge is 0.353 e. The first kappa shape index (κ1) is 24.3. The third-order valence-corrected chi connectivity index (χ3v) is 7.46. The second-order valence-corrected chi connectivity index (χ2v) is 10.4. The van der Waals surface area contributed by atoms with Crippen molar-refractivity contribution < 1.29 is 4.39 Å². The Morgan fingerprint density at radius 3 is 2.52 bits per heavy atom. The molecule has 11 nitrogen and oxygen atoms in total. The first-order chi connectivity index (χ1) is 19.5. The lowest BCUT2D eigenvalue weighted by molar-refractivity contribution is -0.00967. The lowest BCUT2D eigenvalue weighted by atomic mass is 9.87. The molecular weight excluding hydrogens is 509 g/mol. The zero-order valence-corrected chi connectivity index (χ0v) is 22.2. The number of hydrogen-bond acceptors (Lipinski definition) is 9. The van der Waals surface area contributed by atoms with Gasteiger partial charge in [0.05, 0.1) is 30.0 Å². The van der Waals surface area contributed by atoms with Gasteiger partial charge in [0.15, 0.2) is 17.5 Å². The number of aromatic nitrogens is 8. The van der Waals surface area contributed by atoms with Crippen molar-refractivity contribution in [2.45, 2.75) is 38.9 Å². The topological polar surface area (TPSA) is 117 Å². The molecule has 0 aliphatic carbocycles. The number of nitrogens with one attached hydrogen (secondary N) is 2. The normalized spacial score (nSPS) is 18.5. The van der Waals surface area contributed by atoms with Gasteiger partial charge < -0.3 is 10.2 Å². The summed E-state index contributed by atoms with van der Waals surface area (Å²) in [7, 11) is 0. The molecule has 12 heteroatoms. The summed E-state index contributed by atoms with van der Waals surface area (Å²) in [6.07, 6.45) is 7.31. The van der Waals surface area contributed by atoms with Crippen LogP contribution in [0.15, 0.2) is 61.2 Å². The number of pyridine rings is 2. The summed E-state index contributed by atoms with van der Waals surface area (Å²) < 4.78 is 14.8. The van der Waals surface area contributed by atoms with Gasteiger partial charge in [0.1, 0.15) is 11.6 Å². The number of aromatic amines is 1. The van der Waals surface area contributed by atoms with Crippen molar-refractivity contribution in [1.29, 1.82) is 0 Å². The zero-order valence-electron chi connectivity index (χ0n) is 22.2. The van der Waals surface area contributed by atoms with E-state index >= 15 is 0 Å². The zero-order chi connectivity index (χ0) is 27.2. The number of piperidine rings is 1. The van der Waals surface area contributed by atoms with Crippen LogP contribution in [-0.2, 0) is 6.54 Å². The molecular formula is C28H28FN11. The van der Waals surface area contributed by atoms with Gasteiger partial charge in [0.2, 0.25) is 0 Å². The minimum atomic E-state index is -0.364. The molecule has 0 spiro atoms. The van der Waals surface area contributed by atoms with Gasteiger partial charge in [-0.1, -0.05) is 0 Å². The van der Waals surface area contributed by atoms with Crippen molar-refractivity contribution in [3.8, 4) is 17.1 Å². The molecule has 3 fully saturated rings. The molecule has 0 aromatic carbocycles. The van der Waals surface area contributed by atoms with E-state index in [1.807, 2.05) is 50.4 Å². The highest BCUT2D eigenvalue weighted by Gasteiger charge is 2.44. The van der Waals surface area contributed by atoms with E-state index in [0.29, 0.717) is 29.5 Å². The number of anilines is 3.